The number of piperidine rings is 1. The molecule has 4 nitrogen and oxygen atoms in total. The summed E-state index contributed by atoms with van der Waals surface area (Å²) in [5.74, 6) is 0.786. The van der Waals surface area contributed by atoms with Gasteiger partial charge in [-0.05, 0) is 45.0 Å². The van der Waals surface area contributed by atoms with E-state index in [2.05, 4.69) is 24.2 Å². The molecule has 20 heavy (non-hydrogen) atoms. The second-order valence-electron chi connectivity index (χ2n) is 5.58. The fraction of sp³-hybridized carbons (Fsp3) is 0.625. The highest BCUT2D eigenvalue weighted by Crippen LogP contribution is 2.29. The smallest absolute Gasteiger partial charge is 0.144 e. The van der Waals surface area contributed by atoms with Crippen LogP contribution in [0.25, 0.3) is 0 Å². The van der Waals surface area contributed by atoms with Gasteiger partial charge in [0, 0.05) is 12.6 Å². The summed E-state index contributed by atoms with van der Waals surface area (Å²) in [6, 6.07) is 6.55. The molecule has 0 saturated carbocycles. The molecule has 1 aliphatic rings. The summed E-state index contributed by atoms with van der Waals surface area (Å²) < 4.78 is 5.66. The van der Waals surface area contributed by atoms with Crippen LogP contribution in [0, 0.1) is 0 Å². The Morgan fingerprint density at radius 3 is 3.00 bits per heavy atom. The van der Waals surface area contributed by atoms with Gasteiger partial charge < -0.3 is 20.7 Å². The molecule has 1 aromatic rings. The standard InChI is InChI=1S/C16H27N3O/c1-3-11-20-15-9-6-8-14(16(15)17)18-12-13-7-4-5-10-19(13)2/h6,8-9,13,18H,3-5,7,10-12,17H2,1-2H3. The minimum Gasteiger partial charge on any atom is -0.491 e. The molecule has 0 radical (unpaired) electrons. The van der Waals surface area contributed by atoms with Crippen LogP contribution >= 0.6 is 0 Å². The van der Waals surface area contributed by atoms with Crippen molar-refractivity contribution in [3.8, 4) is 5.75 Å². The lowest BCUT2D eigenvalue weighted by atomic mass is 10.0. The fourth-order valence-corrected chi connectivity index (χ4v) is 2.67. The van der Waals surface area contributed by atoms with Crippen molar-refractivity contribution >= 4 is 11.4 Å². The first-order valence-corrected chi connectivity index (χ1v) is 7.67. The lowest BCUT2D eigenvalue weighted by molar-refractivity contribution is 0.194. The first kappa shape index (κ1) is 15.0. The number of benzene rings is 1. The molecular weight excluding hydrogens is 250 g/mol. The van der Waals surface area contributed by atoms with E-state index in [1.807, 2.05) is 18.2 Å². The van der Waals surface area contributed by atoms with Crippen LogP contribution in [-0.2, 0) is 0 Å². The van der Waals surface area contributed by atoms with E-state index in [1.54, 1.807) is 0 Å². The van der Waals surface area contributed by atoms with Gasteiger partial charge in [-0.2, -0.15) is 0 Å². The number of ether oxygens (including phenoxy) is 1. The Morgan fingerprint density at radius 1 is 1.40 bits per heavy atom. The predicted molar refractivity (Wildman–Crippen MR) is 85.4 cm³/mol. The number of hydrogen-bond acceptors (Lipinski definition) is 4. The van der Waals surface area contributed by atoms with Crippen LogP contribution in [0.1, 0.15) is 32.6 Å². The van der Waals surface area contributed by atoms with Gasteiger partial charge in [0.1, 0.15) is 5.75 Å². The van der Waals surface area contributed by atoms with Gasteiger partial charge in [-0.15, -0.1) is 0 Å². The van der Waals surface area contributed by atoms with E-state index in [0.29, 0.717) is 12.6 Å². The monoisotopic (exact) mass is 277 g/mol. The number of nitrogens with zero attached hydrogens (tertiary/aromatic N) is 1. The highest BCUT2D eigenvalue weighted by Gasteiger charge is 2.18. The number of anilines is 2. The Hall–Kier alpha value is -1.42. The minimum absolute atomic E-state index is 0.600. The van der Waals surface area contributed by atoms with Crippen LogP contribution in [0.4, 0.5) is 11.4 Å². The summed E-state index contributed by atoms with van der Waals surface area (Å²) >= 11 is 0. The van der Waals surface area contributed by atoms with Crippen LogP contribution in [0.2, 0.25) is 0 Å². The van der Waals surface area contributed by atoms with Gasteiger partial charge in [0.25, 0.3) is 0 Å². The average molecular weight is 277 g/mol. The molecule has 0 spiro atoms. The highest BCUT2D eigenvalue weighted by atomic mass is 16.5. The normalized spacial score (nSPS) is 19.8. The number of likely N-dealkylation sites (tertiary alicyclic amines) is 1. The molecule has 0 aliphatic carbocycles. The van der Waals surface area contributed by atoms with Gasteiger partial charge in [0.05, 0.1) is 18.0 Å². The Labute approximate surface area is 122 Å². The Balaban J connectivity index is 1.95. The zero-order valence-electron chi connectivity index (χ0n) is 12.7. The summed E-state index contributed by atoms with van der Waals surface area (Å²) in [7, 11) is 2.20. The maximum absolute atomic E-state index is 6.17. The summed E-state index contributed by atoms with van der Waals surface area (Å²) in [6.45, 7) is 4.94. The lowest BCUT2D eigenvalue weighted by Gasteiger charge is -2.32. The molecule has 1 unspecified atom stereocenters. The minimum atomic E-state index is 0.600. The van der Waals surface area contributed by atoms with Crippen LogP contribution in [0.5, 0.6) is 5.75 Å². The second-order valence-corrected chi connectivity index (χ2v) is 5.58. The van der Waals surface area contributed by atoms with Crippen LogP contribution in [0.15, 0.2) is 18.2 Å². The van der Waals surface area contributed by atoms with Crippen LogP contribution in [-0.4, -0.2) is 37.7 Å². The Kier molecular flexibility index (Phi) is 5.53. The summed E-state index contributed by atoms with van der Waals surface area (Å²) in [6.07, 6.45) is 4.89. The van der Waals surface area contributed by atoms with Crippen molar-refractivity contribution < 1.29 is 4.74 Å². The van der Waals surface area contributed by atoms with E-state index >= 15 is 0 Å². The molecule has 3 N–H and O–H groups in total. The second kappa shape index (κ2) is 7.39. The highest BCUT2D eigenvalue weighted by molar-refractivity contribution is 5.72. The summed E-state index contributed by atoms with van der Waals surface area (Å²) in [5, 5.41) is 3.48. The first-order chi connectivity index (χ1) is 9.72. The van der Waals surface area contributed by atoms with Gasteiger partial charge >= 0.3 is 0 Å². The van der Waals surface area contributed by atoms with Crippen molar-refractivity contribution in [3.63, 3.8) is 0 Å². The third-order valence-electron chi connectivity index (χ3n) is 3.98. The molecule has 1 heterocycles. The number of likely N-dealkylation sites (N-methyl/N-ethyl adjacent to an activating group) is 1. The maximum atomic E-state index is 6.17. The zero-order valence-corrected chi connectivity index (χ0v) is 12.7. The van der Waals surface area contributed by atoms with Crippen LogP contribution < -0.4 is 15.8 Å². The molecular formula is C16H27N3O. The van der Waals surface area contributed by atoms with E-state index in [9.17, 15) is 0 Å². The number of nitrogens with one attached hydrogen (secondary N) is 1. The van der Waals surface area contributed by atoms with Crippen molar-refractivity contribution in [3.05, 3.63) is 18.2 Å². The summed E-state index contributed by atoms with van der Waals surface area (Å²) in [5.41, 5.74) is 7.88. The first-order valence-electron chi connectivity index (χ1n) is 7.67. The molecule has 4 heteroatoms. The van der Waals surface area contributed by atoms with Crippen molar-refractivity contribution in [2.75, 3.05) is 37.8 Å². The third kappa shape index (κ3) is 3.79. The molecule has 2 rings (SSSR count). The van der Waals surface area contributed by atoms with E-state index < -0.39 is 0 Å². The number of rotatable bonds is 6. The van der Waals surface area contributed by atoms with Gasteiger partial charge in [0.2, 0.25) is 0 Å². The average Bonchev–Trinajstić information content (AvgIpc) is 2.46. The molecule has 112 valence electrons. The van der Waals surface area contributed by atoms with E-state index in [-0.39, 0.29) is 0 Å². The quantitative estimate of drug-likeness (QED) is 0.785. The van der Waals surface area contributed by atoms with Crippen molar-refractivity contribution in [2.24, 2.45) is 0 Å². The van der Waals surface area contributed by atoms with Crippen molar-refractivity contribution in [1.29, 1.82) is 0 Å². The molecule has 0 amide bonds. The van der Waals surface area contributed by atoms with E-state index in [0.717, 1.165) is 30.1 Å². The largest absolute Gasteiger partial charge is 0.491 e. The SMILES string of the molecule is CCCOc1cccc(NCC2CCCCN2C)c1N. The number of nitrogens with two attached hydrogens (primary N) is 1. The fourth-order valence-electron chi connectivity index (χ4n) is 2.67. The number of hydrogen-bond donors (Lipinski definition) is 2. The Morgan fingerprint density at radius 2 is 2.25 bits per heavy atom. The Bertz CT molecular complexity index is 422. The number of nitrogen functional groups attached to an aromatic ring is 1. The summed E-state index contributed by atoms with van der Waals surface area (Å²) in [4.78, 5) is 2.43. The molecule has 1 aliphatic heterocycles. The number of para-hydroxylation sites is 1. The van der Waals surface area contributed by atoms with Crippen molar-refractivity contribution in [2.45, 2.75) is 38.6 Å². The van der Waals surface area contributed by atoms with Gasteiger partial charge in [-0.3, -0.25) is 0 Å². The maximum Gasteiger partial charge on any atom is 0.144 e. The van der Waals surface area contributed by atoms with Crippen molar-refractivity contribution in [1.82, 2.24) is 4.90 Å². The van der Waals surface area contributed by atoms with Gasteiger partial charge in [-0.1, -0.05) is 19.4 Å². The van der Waals surface area contributed by atoms with E-state index in [1.165, 1.54) is 25.8 Å². The molecule has 1 saturated heterocycles. The lowest BCUT2D eigenvalue weighted by Crippen LogP contribution is -2.40. The molecule has 1 fully saturated rings. The van der Waals surface area contributed by atoms with Gasteiger partial charge in [-0.25, -0.2) is 0 Å². The van der Waals surface area contributed by atoms with Gasteiger partial charge in [0.15, 0.2) is 0 Å². The van der Waals surface area contributed by atoms with E-state index in [4.69, 9.17) is 10.5 Å². The predicted octanol–water partition coefficient (Wildman–Crippen LogP) is 2.95. The zero-order chi connectivity index (χ0) is 14.4. The van der Waals surface area contributed by atoms with Crippen LogP contribution in [0.3, 0.4) is 0 Å². The topological polar surface area (TPSA) is 50.5 Å². The molecule has 1 atom stereocenters. The molecule has 0 aromatic heterocycles. The molecule has 1 aromatic carbocycles. The molecule has 0 bridgehead atoms. The third-order valence-corrected chi connectivity index (χ3v) is 3.98.